The van der Waals surface area contributed by atoms with Crippen LogP contribution in [0.4, 0.5) is 0 Å². The Balaban J connectivity index is 2.06. The number of amides is 1. The van der Waals surface area contributed by atoms with Crippen LogP contribution in [0.2, 0.25) is 0 Å². The first-order valence-corrected chi connectivity index (χ1v) is 6.92. The van der Waals surface area contributed by atoms with Gasteiger partial charge in [-0.25, -0.2) is 4.79 Å². The summed E-state index contributed by atoms with van der Waals surface area (Å²) in [6.07, 6.45) is 1.61. The predicted molar refractivity (Wildman–Crippen MR) is 75.2 cm³/mol. The third-order valence-corrected chi connectivity index (χ3v) is 3.77. The highest BCUT2D eigenvalue weighted by Crippen LogP contribution is 2.19. The zero-order chi connectivity index (χ0) is 13.1. The summed E-state index contributed by atoms with van der Waals surface area (Å²) in [5.74, 6) is -0.995. The first-order chi connectivity index (χ1) is 8.58. The number of nitrogens with zero attached hydrogens (tertiary/aromatic N) is 1. The van der Waals surface area contributed by atoms with E-state index in [9.17, 15) is 9.59 Å². The number of carbonyl (C=O) groups excluding carboxylic acids is 1. The van der Waals surface area contributed by atoms with Gasteiger partial charge in [0.05, 0.1) is 6.42 Å². The van der Waals surface area contributed by atoms with Crippen molar-refractivity contribution >= 4 is 34.5 Å². The molecule has 18 heavy (non-hydrogen) atoms. The largest absolute Gasteiger partial charge is 0.480 e. The molecule has 0 aromatic heterocycles. The minimum absolute atomic E-state index is 0.0955. The van der Waals surface area contributed by atoms with Gasteiger partial charge in [-0.1, -0.05) is 12.1 Å². The molecule has 5 heteroatoms. The molecule has 0 aliphatic carbocycles. The van der Waals surface area contributed by atoms with Gasteiger partial charge in [0.25, 0.3) is 0 Å². The molecule has 0 bridgehead atoms. The van der Waals surface area contributed by atoms with E-state index in [1.807, 2.05) is 24.3 Å². The van der Waals surface area contributed by atoms with Gasteiger partial charge in [0, 0.05) is 10.1 Å². The van der Waals surface area contributed by atoms with E-state index >= 15 is 0 Å². The van der Waals surface area contributed by atoms with Gasteiger partial charge in [0.15, 0.2) is 0 Å². The van der Waals surface area contributed by atoms with Crippen LogP contribution >= 0.6 is 22.6 Å². The molecule has 1 amide bonds. The van der Waals surface area contributed by atoms with E-state index in [0.29, 0.717) is 13.0 Å². The van der Waals surface area contributed by atoms with Crippen molar-refractivity contribution < 1.29 is 14.7 Å². The minimum atomic E-state index is -0.900. The number of carbonyl (C=O) groups is 2. The van der Waals surface area contributed by atoms with Crippen molar-refractivity contribution in [3.63, 3.8) is 0 Å². The fourth-order valence-corrected chi connectivity index (χ4v) is 2.85. The maximum absolute atomic E-state index is 12.1. The Bertz CT molecular complexity index is 475. The van der Waals surface area contributed by atoms with Crippen molar-refractivity contribution in [2.75, 3.05) is 6.54 Å². The summed E-state index contributed by atoms with van der Waals surface area (Å²) >= 11 is 2.20. The molecule has 1 atom stereocenters. The van der Waals surface area contributed by atoms with Gasteiger partial charge in [0.1, 0.15) is 6.04 Å². The Morgan fingerprint density at radius 2 is 2.22 bits per heavy atom. The topological polar surface area (TPSA) is 57.6 Å². The van der Waals surface area contributed by atoms with Crippen molar-refractivity contribution in [3.8, 4) is 0 Å². The van der Waals surface area contributed by atoms with Gasteiger partial charge in [-0.2, -0.15) is 0 Å². The van der Waals surface area contributed by atoms with Crippen molar-refractivity contribution in [2.45, 2.75) is 25.3 Å². The molecule has 1 aromatic rings. The molecule has 1 aliphatic rings. The lowest BCUT2D eigenvalue weighted by atomic mass is 10.1. The summed E-state index contributed by atoms with van der Waals surface area (Å²) in [4.78, 5) is 24.6. The van der Waals surface area contributed by atoms with Crippen LogP contribution in [0.3, 0.4) is 0 Å². The Kier molecular flexibility index (Phi) is 4.21. The fourth-order valence-electron chi connectivity index (χ4n) is 2.25. The van der Waals surface area contributed by atoms with Crippen molar-refractivity contribution in [1.82, 2.24) is 4.90 Å². The van der Waals surface area contributed by atoms with Crippen LogP contribution in [0.1, 0.15) is 18.4 Å². The second-order valence-corrected chi connectivity index (χ2v) is 5.64. The molecule has 0 spiro atoms. The highest BCUT2D eigenvalue weighted by molar-refractivity contribution is 14.1. The van der Waals surface area contributed by atoms with Gasteiger partial charge in [0.2, 0.25) is 5.91 Å². The number of carboxylic acids is 1. The van der Waals surface area contributed by atoms with Crippen LogP contribution in [0.25, 0.3) is 0 Å². The van der Waals surface area contributed by atoms with Crippen LogP contribution < -0.4 is 0 Å². The second-order valence-electron chi connectivity index (χ2n) is 4.39. The summed E-state index contributed by atoms with van der Waals surface area (Å²) in [5, 5.41) is 9.05. The Morgan fingerprint density at radius 1 is 1.44 bits per heavy atom. The number of hydrogen-bond donors (Lipinski definition) is 1. The van der Waals surface area contributed by atoms with Crippen LogP contribution in [0, 0.1) is 3.57 Å². The van der Waals surface area contributed by atoms with E-state index < -0.39 is 12.0 Å². The molecule has 0 radical (unpaired) electrons. The summed E-state index contributed by atoms with van der Waals surface area (Å²) in [5.41, 5.74) is 0.933. The van der Waals surface area contributed by atoms with Gasteiger partial charge in [-0.15, -0.1) is 0 Å². The molecule has 1 fully saturated rings. The molecule has 0 saturated carbocycles. The Labute approximate surface area is 119 Å². The van der Waals surface area contributed by atoms with Gasteiger partial charge < -0.3 is 10.0 Å². The minimum Gasteiger partial charge on any atom is -0.480 e. The van der Waals surface area contributed by atoms with E-state index in [1.54, 1.807) is 0 Å². The van der Waals surface area contributed by atoms with Gasteiger partial charge in [-0.3, -0.25) is 4.79 Å². The monoisotopic (exact) mass is 359 g/mol. The smallest absolute Gasteiger partial charge is 0.326 e. The van der Waals surface area contributed by atoms with E-state index in [-0.39, 0.29) is 12.3 Å². The number of carboxylic acid groups (broad SMARTS) is 1. The van der Waals surface area contributed by atoms with Gasteiger partial charge in [-0.05, 0) is 53.1 Å². The zero-order valence-electron chi connectivity index (χ0n) is 9.80. The Hall–Kier alpha value is -1.11. The average Bonchev–Trinajstić information content (AvgIpc) is 2.77. The van der Waals surface area contributed by atoms with Crippen LogP contribution in [0.15, 0.2) is 24.3 Å². The molecule has 1 saturated heterocycles. The quantitative estimate of drug-likeness (QED) is 0.839. The standard InChI is InChI=1S/C13H14INO3/c14-10-4-1-3-9(7-10)8-12(16)15-6-2-5-11(15)13(17)18/h1,3-4,7,11H,2,5-6,8H2,(H,17,18). The van der Waals surface area contributed by atoms with Crippen molar-refractivity contribution in [3.05, 3.63) is 33.4 Å². The number of rotatable bonds is 3. The molecule has 1 aromatic carbocycles. The lowest BCUT2D eigenvalue weighted by molar-refractivity contribution is -0.148. The number of benzene rings is 1. The molecule has 96 valence electrons. The normalized spacial score (nSPS) is 18.9. The van der Waals surface area contributed by atoms with E-state index in [0.717, 1.165) is 15.6 Å². The van der Waals surface area contributed by atoms with Crippen LogP contribution in [-0.4, -0.2) is 34.5 Å². The average molecular weight is 359 g/mol. The summed E-state index contributed by atoms with van der Waals surface area (Å²) < 4.78 is 1.08. The molecule has 1 heterocycles. The lowest BCUT2D eigenvalue weighted by Crippen LogP contribution is -2.41. The maximum atomic E-state index is 12.1. The lowest BCUT2D eigenvalue weighted by Gasteiger charge is -2.21. The van der Waals surface area contributed by atoms with Crippen molar-refractivity contribution in [2.24, 2.45) is 0 Å². The number of halogens is 1. The first-order valence-electron chi connectivity index (χ1n) is 5.84. The van der Waals surface area contributed by atoms with Crippen LogP contribution in [-0.2, 0) is 16.0 Å². The number of likely N-dealkylation sites (tertiary alicyclic amines) is 1. The molecule has 2 rings (SSSR count). The number of hydrogen-bond acceptors (Lipinski definition) is 2. The third-order valence-electron chi connectivity index (χ3n) is 3.10. The summed E-state index contributed by atoms with van der Waals surface area (Å²) in [7, 11) is 0. The van der Waals surface area contributed by atoms with E-state index in [2.05, 4.69) is 22.6 Å². The molecule has 4 nitrogen and oxygen atoms in total. The highest BCUT2D eigenvalue weighted by atomic mass is 127. The van der Waals surface area contributed by atoms with Crippen LogP contribution in [0.5, 0.6) is 0 Å². The van der Waals surface area contributed by atoms with E-state index in [4.69, 9.17) is 5.11 Å². The molecule has 1 N–H and O–H groups in total. The highest BCUT2D eigenvalue weighted by Gasteiger charge is 2.33. The molecule has 1 aliphatic heterocycles. The van der Waals surface area contributed by atoms with Gasteiger partial charge >= 0.3 is 5.97 Å². The number of aliphatic carboxylic acids is 1. The SMILES string of the molecule is O=C(O)C1CCCN1C(=O)Cc1cccc(I)c1. The first kappa shape index (κ1) is 13.3. The van der Waals surface area contributed by atoms with Crippen molar-refractivity contribution in [1.29, 1.82) is 0 Å². The summed E-state index contributed by atoms with van der Waals surface area (Å²) in [6, 6.07) is 7.07. The molecular formula is C13H14INO3. The Morgan fingerprint density at radius 3 is 2.89 bits per heavy atom. The molecular weight excluding hydrogens is 345 g/mol. The second kappa shape index (κ2) is 5.69. The van der Waals surface area contributed by atoms with E-state index in [1.165, 1.54) is 4.90 Å². The fraction of sp³-hybridized carbons (Fsp3) is 0.385. The molecule has 1 unspecified atom stereocenters. The predicted octanol–water partition coefficient (Wildman–Crippen LogP) is 1.91. The third kappa shape index (κ3) is 3.01. The maximum Gasteiger partial charge on any atom is 0.326 e. The zero-order valence-corrected chi connectivity index (χ0v) is 12.0. The summed E-state index contributed by atoms with van der Waals surface area (Å²) in [6.45, 7) is 0.555.